The highest BCUT2D eigenvalue weighted by molar-refractivity contribution is 6.04. The van der Waals surface area contributed by atoms with Crippen molar-refractivity contribution >= 4 is 23.6 Å². The molecule has 0 atom stereocenters. The van der Waals surface area contributed by atoms with Crippen molar-refractivity contribution in [2.45, 2.75) is 0 Å². The number of ketones is 1. The number of hydrogen-bond acceptors (Lipinski definition) is 5. The van der Waals surface area contributed by atoms with Crippen LogP contribution in [0, 0.1) is 0 Å². The number of carbonyl (C=O) groups is 1. The lowest BCUT2D eigenvalue weighted by Gasteiger charge is -2.12. The van der Waals surface area contributed by atoms with Gasteiger partial charge in [0.05, 0.1) is 21.3 Å². The number of hydrogen-bond donors (Lipinski definition) is 0. The third-order valence-electron chi connectivity index (χ3n) is 3.98. The predicted octanol–water partition coefficient (Wildman–Crippen LogP) is 4.07. The molecule has 2 aromatic carbocycles. The molecule has 2 aromatic rings. The zero-order valence-electron chi connectivity index (χ0n) is 16.4. The molecule has 0 heterocycles. The summed E-state index contributed by atoms with van der Waals surface area (Å²) in [5.74, 6) is 1.49. The fourth-order valence-corrected chi connectivity index (χ4v) is 2.49. The summed E-state index contributed by atoms with van der Waals surface area (Å²) in [5, 5.41) is 0. The maximum atomic E-state index is 12.1. The molecule has 0 saturated heterocycles. The van der Waals surface area contributed by atoms with Gasteiger partial charge in [0.15, 0.2) is 17.3 Å². The SMILES string of the molecule is COc1cc(C=CC(=O)C=Cc2ccc(N(C)C)cc2)cc(OC)c1OC. The van der Waals surface area contributed by atoms with Gasteiger partial charge in [-0.1, -0.05) is 24.3 Å². The van der Waals surface area contributed by atoms with Crippen molar-refractivity contribution in [2.75, 3.05) is 40.3 Å². The molecular formula is C22H25NO4. The zero-order valence-corrected chi connectivity index (χ0v) is 16.4. The average molecular weight is 367 g/mol. The Morgan fingerprint density at radius 3 is 1.78 bits per heavy atom. The number of ether oxygens (including phenoxy) is 3. The van der Waals surface area contributed by atoms with Gasteiger partial charge in [-0.3, -0.25) is 4.79 Å². The van der Waals surface area contributed by atoms with Crippen molar-refractivity contribution in [1.82, 2.24) is 0 Å². The Bertz CT molecular complexity index is 811. The Labute approximate surface area is 160 Å². The van der Waals surface area contributed by atoms with Crippen LogP contribution < -0.4 is 19.1 Å². The number of methoxy groups -OCH3 is 3. The number of nitrogens with zero attached hydrogens (tertiary/aromatic N) is 1. The van der Waals surface area contributed by atoms with E-state index in [-0.39, 0.29) is 5.78 Å². The molecule has 5 heteroatoms. The van der Waals surface area contributed by atoms with Crippen LogP contribution in [0.3, 0.4) is 0 Å². The van der Waals surface area contributed by atoms with E-state index in [4.69, 9.17) is 14.2 Å². The van der Waals surface area contributed by atoms with E-state index in [0.717, 1.165) is 16.8 Å². The third-order valence-corrected chi connectivity index (χ3v) is 3.98. The van der Waals surface area contributed by atoms with Crippen LogP contribution in [0.2, 0.25) is 0 Å². The van der Waals surface area contributed by atoms with E-state index in [2.05, 4.69) is 0 Å². The lowest BCUT2D eigenvalue weighted by atomic mass is 10.1. The van der Waals surface area contributed by atoms with Crippen molar-refractivity contribution < 1.29 is 19.0 Å². The topological polar surface area (TPSA) is 48.0 Å². The number of allylic oxidation sites excluding steroid dienone is 2. The average Bonchev–Trinajstić information content (AvgIpc) is 2.69. The highest BCUT2D eigenvalue weighted by atomic mass is 16.5. The highest BCUT2D eigenvalue weighted by Gasteiger charge is 2.12. The van der Waals surface area contributed by atoms with Crippen LogP contribution in [0.25, 0.3) is 12.2 Å². The van der Waals surface area contributed by atoms with Gasteiger partial charge >= 0.3 is 0 Å². The molecule has 0 aliphatic heterocycles. The lowest BCUT2D eigenvalue weighted by molar-refractivity contribution is -0.110. The molecule has 0 radical (unpaired) electrons. The van der Waals surface area contributed by atoms with Gasteiger partial charge in [-0.25, -0.2) is 0 Å². The normalized spacial score (nSPS) is 11.0. The van der Waals surface area contributed by atoms with Crippen LogP contribution in [0.1, 0.15) is 11.1 Å². The largest absolute Gasteiger partial charge is 0.493 e. The molecule has 0 aromatic heterocycles. The minimum Gasteiger partial charge on any atom is -0.493 e. The number of carbonyl (C=O) groups excluding carboxylic acids is 1. The Morgan fingerprint density at radius 1 is 0.815 bits per heavy atom. The molecule has 2 rings (SSSR count). The molecule has 5 nitrogen and oxygen atoms in total. The van der Waals surface area contributed by atoms with Crippen LogP contribution in [0.5, 0.6) is 17.2 Å². The Hall–Kier alpha value is -3.21. The van der Waals surface area contributed by atoms with Crippen LogP contribution in [-0.2, 0) is 4.79 Å². The molecule has 0 aliphatic rings. The molecule has 0 unspecified atom stereocenters. The highest BCUT2D eigenvalue weighted by Crippen LogP contribution is 2.38. The van der Waals surface area contributed by atoms with E-state index >= 15 is 0 Å². The monoisotopic (exact) mass is 367 g/mol. The molecule has 142 valence electrons. The summed E-state index contributed by atoms with van der Waals surface area (Å²) in [5.41, 5.74) is 2.86. The Kier molecular flexibility index (Phi) is 7.06. The van der Waals surface area contributed by atoms with Gasteiger partial charge in [0.2, 0.25) is 5.75 Å². The molecule has 27 heavy (non-hydrogen) atoms. The number of benzene rings is 2. The maximum Gasteiger partial charge on any atom is 0.203 e. The summed E-state index contributed by atoms with van der Waals surface area (Å²) >= 11 is 0. The molecule has 0 N–H and O–H groups in total. The van der Waals surface area contributed by atoms with Gasteiger partial charge in [-0.2, -0.15) is 0 Å². The zero-order chi connectivity index (χ0) is 19.8. The molecule has 0 saturated carbocycles. The first kappa shape index (κ1) is 20.1. The standard InChI is InChI=1S/C22H25NO4/c1-23(2)18-10-6-16(7-11-18)8-12-19(24)13-9-17-14-20(25-3)22(27-5)21(15-17)26-4/h6-15H,1-5H3. The summed E-state index contributed by atoms with van der Waals surface area (Å²) in [4.78, 5) is 14.2. The smallest absolute Gasteiger partial charge is 0.203 e. The number of rotatable bonds is 8. The summed E-state index contributed by atoms with van der Waals surface area (Å²) in [7, 11) is 8.64. The second-order valence-electron chi connectivity index (χ2n) is 6.01. The fourth-order valence-electron chi connectivity index (χ4n) is 2.49. The van der Waals surface area contributed by atoms with Gasteiger partial charge in [-0.15, -0.1) is 0 Å². The second-order valence-corrected chi connectivity index (χ2v) is 6.01. The van der Waals surface area contributed by atoms with Crippen molar-refractivity contribution in [1.29, 1.82) is 0 Å². The third kappa shape index (κ3) is 5.38. The van der Waals surface area contributed by atoms with Gasteiger partial charge in [0.25, 0.3) is 0 Å². The molecule has 0 aliphatic carbocycles. The van der Waals surface area contributed by atoms with E-state index in [0.29, 0.717) is 17.2 Å². The van der Waals surface area contributed by atoms with Crippen molar-refractivity contribution in [3.8, 4) is 17.2 Å². The quantitative estimate of drug-likeness (QED) is 0.658. The summed E-state index contributed by atoms with van der Waals surface area (Å²) < 4.78 is 15.9. The lowest BCUT2D eigenvalue weighted by Crippen LogP contribution is -2.07. The van der Waals surface area contributed by atoms with Crippen molar-refractivity contribution in [3.05, 3.63) is 59.7 Å². The number of anilines is 1. The first-order valence-electron chi connectivity index (χ1n) is 8.46. The predicted molar refractivity (Wildman–Crippen MR) is 110 cm³/mol. The summed E-state index contributed by atoms with van der Waals surface area (Å²) in [6, 6.07) is 11.5. The van der Waals surface area contributed by atoms with Gasteiger partial charge in [0.1, 0.15) is 0 Å². The van der Waals surface area contributed by atoms with Gasteiger partial charge in [0, 0.05) is 19.8 Å². The second kappa shape index (κ2) is 9.48. The fraction of sp³-hybridized carbons (Fsp3) is 0.227. The Balaban J connectivity index is 2.11. The summed E-state index contributed by atoms with van der Waals surface area (Å²) in [6.45, 7) is 0. The van der Waals surface area contributed by atoms with Crippen molar-refractivity contribution in [2.24, 2.45) is 0 Å². The van der Waals surface area contributed by atoms with E-state index in [9.17, 15) is 4.79 Å². The first-order valence-corrected chi connectivity index (χ1v) is 8.46. The van der Waals surface area contributed by atoms with E-state index in [1.54, 1.807) is 51.7 Å². The molecule has 0 spiro atoms. The molecular weight excluding hydrogens is 342 g/mol. The van der Waals surface area contributed by atoms with Gasteiger partial charge in [-0.05, 0) is 47.5 Å². The van der Waals surface area contributed by atoms with E-state index < -0.39 is 0 Å². The minimum atomic E-state index is -0.111. The maximum absolute atomic E-state index is 12.1. The van der Waals surface area contributed by atoms with E-state index in [1.165, 1.54) is 6.08 Å². The van der Waals surface area contributed by atoms with Crippen molar-refractivity contribution in [3.63, 3.8) is 0 Å². The minimum absolute atomic E-state index is 0.111. The molecule has 0 fully saturated rings. The molecule has 0 bridgehead atoms. The van der Waals surface area contributed by atoms with Crippen LogP contribution in [0.4, 0.5) is 5.69 Å². The van der Waals surface area contributed by atoms with Crippen LogP contribution in [0.15, 0.2) is 48.6 Å². The van der Waals surface area contributed by atoms with Gasteiger partial charge < -0.3 is 19.1 Å². The van der Waals surface area contributed by atoms with Crippen LogP contribution in [-0.4, -0.2) is 41.2 Å². The summed E-state index contributed by atoms with van der Waals surface area (Å²) in [6.07, 6.45) is 6.55. The Morgan fingerprint density at radius 2 is 1.33 bits per heavy atom. The van der Waals surface area contributed by atoms with Crippen LogP contribution >= 0.6 is 0 Å². The van der Waals surface area contributed by atoms with E-state index in [1.807, 2.05) is 43.3 Å². The molecule has 0 amide bonds. The first-order chi connectivity index (χ1) is 13.0.